The van der Waals surface area contributed by atoms with Crippen molar-refractivity contribution in [2.24, 2.45) is 17.8 Å². The Kier molecular flexibility index (Phi) is 15.9. The van der Waals surface area contributed by atoms with Crippen LogP contribution in [-0.2, 0) is 34.9 Å². The van der Waals surface area contributed by atoms with E-state index < -0.39 is 72.2 Å². The lowest BCUT2D eigenvalue weighted by molar-refractivity contribution is -0.317. The van der Waals surface area contributed by atoms with Gasteiger partial charge in [0.2, 0.25) is 5.91 Å². The minimum Gasteiger partial charge on any atom is -0.387 e. The number of anilines is 1. The fourth-order valence-corrected chi connectivity index (χ4v) is 10.1. The second-order valence-electron chi connectivity index (χ2n) is 19.1. The van der Waals surface area contributed by atoms with Crippen molar-refractivity contribution in [3.05, 3.63) is 65.3 Å². The van der Waals surface area contributed by atoms with Crippen molar-refractivity contribution in [2.75, 3.05) is 39.6 Å². The first-order valence-corrected chi connectivity index (χ1v) is 22.7. The standard InChI is InChI=1S/C47H70ClN5O10/c1-26-21-46(6,58)42(63-44-39(54)37(52(8)9)19-27(2)60-44)28(3)40(62-38-22-47(7,59-10)41(55)30(5)61-38)29(4)43(56)50-33(20-31-15-17-32(48)18-16-31)25-53(24-26)45(57)51-36-23-49-35-14-12-11-13-34(35)36/h11-18,23,26-30,33,37-42,44,49,54-55,58H,19-22,24-25H2,1-10H3,(H,50,56)(H,51,57)/t26-,27-,28+,29-,30+,33?,37?,38?,39-,40+,41+,42-,44+,46-,47-/m1/s1. The molecule has 16 heteroatoms. The first-order valence-electron chi connectivity index (χ1n) is 22.3. The Labute approximate surface area is 377 Å². The van der Waals surface area contributed by atoms with Gasteiger partial charge in [0.1, 0.15) is 12.2 Å². The molecule has 3 fully saturated rings. The number of ether oxygens (including phenoxy) is 5. The van der Waals surface area contributed by atoms with Crippen LogP contribution >= 0.6 is 11.6 Å². The van der Waals surface area contributed by atoms with E-state index in [-0.39, 0.29) is 55.9 Å². The van der Waals surface area contributed by atoms with Gasteiger partial charge in [-0.3, -0.25) is 4.79 Å². The molecular weight excluding hydrogens is 830 g/mol. The largest absolute Gasteiger partial charge is 0.387 e. The monoisotopic (exact) mass is 899 g/mol. The second kappa shape index (κ2) is 20.4. The predicted octanol–water partition coefficient (Wildman–Crippen LogP) is 5.54. The molecule has 3 aliphatic heterocycles. The Hall–Kier alpha value is -3.35. The number of halogens is 1. The van der Waals surface area contributed by atoms with Gasteiger partial charge in [-0.05, 0) is 90.7 Å². The third-order valence-corrected chi connectivity index (χ3v) is 13.7. The quantitative estimate of drug-likeness (QED) is 0.158. The number of carbonyl (C=O) groups excluding carboxylic acids is 2. The van der Waals surface area contributed by atoms with Gasteiger partial charge in [-0.25, -0.2) is 4.79 Å². The average molecular weight is 901 g/mol. The lowest BCUT2D eigenvalue weighted by Gasteiger charge is -2.48. The number of fused-ring (bicyclic) bond motifs is 1. The molecule has 0 spiro atoms. The Balaban J connectivity index is 1.41. The molecule has 0 saturated carbocycles. The molecule has 0 aliphatic carbocycles. The topological polar surface area (TPSA) is 187 Å². The van der Waals surface area contributed by atoms with Crippen LogP contribution in [-0.4, -0.2) is 149 Å². The molecule has 15 atom stereocenters. The van der Waals surface area contributed by atoms with Crippen LogP contribution in [0, 0.1) is 17.8 Å². The zero-order valence-corrected chi connectivity index (χ0v) is 39.2. The predicted molar refractivity (Wildman–Crippen MR) is 241 cm³/mol. The van der Waals surface area contributed by atoms with Crippen molar-refractivity contribution in [2.45, 2.75) is 147 Å². The highest BCUT2D eigenvalue weighted by Gasteiger charge is 2.51. The minimum atomic E-state index is -1.62. The first kappa shape index (κ1) is 49.1. The van der Waals surface area contributed by atoms with Crippen molar-refractivity contribution >= 4 is 40.1 Å². The number of aromatic amines is 1. The second-order valence-corrected chi connectivity index (χ2v) is 19.5. The van der Waals surface area contributed by atoms with Gasteiger partial charge in [0.05, 0.1) is 53.3 Å². The number of rotatable bonds is 9. The van der Waals surface area contributed by atoms with Gasteiger partial charge >= 0.3 is 6.03 Å². The summed E-state index contributed by atoms with van der Waals surface area (Å²) in [4.78, 5) is 36.2. The number of methoxy groups -OCH3 is 1. The zero-order valence-electron chi connectivity index (χ0n) is 38.4. The highest BCUT2D eigenvalue weighted by atomic mass is 35.5. The Morgan fingerprint density at radius 3 is 2.38 bits per heavy atom. The van der Waals surface area contributed by atoms with E-state index in [4.69, 9.17) is 35.3 Å². The van der Waals surface area contributed by atoms with Crippen LogP contribution in [0.25, 0.3) is 10.9 Å². The summed E-state index contributed by atoms with van der Waals surface area (Å²) in [6.45, 7) is 13.1. The van der Waals surface area contributed by atoms with Crippen LogP contribution in [0.3, 0.4) is 0 Å². The van der Waals surface area contributed by atoms with Gasteiger partial charge in [-0.15, -0.1) is 0 Å². The molecule has 350 valence electrons. The summed E-state index contributed by atoms with van der Waals surface area (Å²) >= 11 is 6.28. The summed E-state index contributed by atoms with van der Waals surface area (Å²) < 4.78 is 32.0. The molecule has 6 rings (SSSR count). The average Bonchev–Trinajstić information content (AvgIpc) is 3.63. The number of likely N-dealkylation sites (N-methyl/N-ethyl adjacent to an activating group) is 1. The summed E-state index contributed by atoms with van der Waals surface area (Å²) in [7, 11) is 5.31. The number of hydrogen-bond donors (Lipinski definition) is 6. The summed E-state index contributed by atoms with van der Waals surface area (Å²) in [5.41, 5.74) is -0.255. The van der Waals surface area contributed by atoms with Crippen LogP contribution in [0.15, 0.2) is 54.7 Å². The number of H-pyrrole nitrogens is 1. The molecule has 0 radical (unpaired) electrons. The van der Waals surface area contributed by atoms with Crippen LogP contribution in [0.5, 0.6) is 0 Å². The van der Waals surface area contributed by atoms with E-state index in [0.717, 1.165) is 16.5 Å². The lowest BCUT2D eigenvalue weighted by atomic mass is 9.77. The third-order valence-electron chi connectivity index (χ3n) is 13.5. The fraction of sp³-hybridized carbons (Fsp3) is 0.660. The number of para-hydroxylation sites is 1. The molecule has 63 heavy (non-hydrogen) atoms. The maximum Gasteiger partial charge on any atom is 0.321 e. The summed E-state index contributed by atoms with van der Waals surface area (Å²) in [6.07, 6.45) is -4.01. The van der Waals surface area contributed by atoms with E-state index in [2.05, 4.69) is 15.6 Å². The molecule has 2 aromatic carbocycles. The smallest absolute Gasteiger partial charge is 0.321 e. The van der Waals surface area contributed by atoms with Crippen molar-refractivity contribution in [1.29, 1.82) is 0 Å². The van der Waals surface area contributed by atoms with E-state index in [0.29, 0.717) is 23.6 Å². The molecule has 4 heterocycles. The number of carbonyl (C=O) groups is 2. The minimum absolute atomic E-state index is 0.127. The highest BCUT2D eigenvalue weighted by Crippen LogP contribution is 2.39. The van der Waals surface area contributed by atoms with E-state index in [1.807, 2.05) is 76.2 Å². The fourth-order valence-electron chi connectivity index (χ4n) is 9.96. The molecule has 3 saturated heterocycles. The number of aliphatic hydroxyl groups is 3. The highest BCUT2D eigenvalue weighted by molar-refractivity contribution is 6.30. The number of aromatic nitrogens is 1. The summed E-state index contributed by atoms with van der Waals surface area (Å²) in [5.74, 6) is -2.28. The molecule has 15 nitrogen and oxygen atoms in total. The van der Waals surface area contributed by atoms with Gasteiger partial charge in [0.25, 0.3) is 0 Å². The molecule has 3 amide bonds. The van der Waals surface area contributed by atoms with E-state index in [1.54, 1.807) is 50.9 Å². The summed E-state index contributed by atoms with van der Waals surface area (Å²) in [5, 5.41) is 43.4. The molecule has 3 aromatic rings. The van der Waals surface area contributed by atoms with Crippen LogP contribution in [0.1, 0.15) is 73.3 Å². The van der Waals surface area contributed by atoms with E-state index in [1.165, 1.54) is 7.11 Å². The molecule has 0 bridgehead atoms. The number of benzene rings is 2. The molecular formula is C47H70ClN5O10. The van der Waals surface area contributed by atoms with Crippen molar-refractivity contribution < 1.29 is 48.6 Å². The molecule has 3 unspecified atom stereocenters. The van der Waals surface area contributed by atoms with Crippen LogP contribution < -0.4 is 10.6 Å². The first-order chi connectivity index (χ1) is 29.7. The Bertz CT molecular complexity index is 1980. The van der Waals surface area contributed by atoms with E-state index in [9.17, 15) is 24.9 Å². The molecule has 1 aromatic heterocycles. The SMILES string of the molecule is CO[C@]1(C)CC(O[C@H]2[C@H](C)[C@@H](O[C@@H]3O[C@H](C)CC(N(C)C)[C@H]3O)[C@](C)(O)C[C@@H](C)CN(C(=O)Nc3c[nH]c4ccccc34)CC(Cc3ccc(Cl)cc3)NC(=O)[C@@H]2C)O[C@@H](C)[C@@H]1O. The Morgan fingerprint density at radius 2 is 1.70 bits per heavy atom. The number of aliphatic hydroxyl groups excluding tert-OH is 2. The summed E-state index contributed by atoms with van der Waals surface area (Å²) in [6, 6.07) is 13.8. The number of hydrogen-bond acceptors (Lipinski definition) is 11. The number of nitrogens with one attached hydrogen (secondary N) is 3. The van der Waals surface area contributed by atoms with Crippen LogP contribution in [0.2, 0.25) is 5.02 Å². The van der Waals surface area contributed by atoms with Gasteiger partial charge in [0, 0.05) is 60.7 Å². The number of amides is 3. The molecule has 6 N–H and O–H groups in total. The van der Waals surface area contributed by atoms with E-state index >= 15 is 0 Å². The number of urea groups is 1. The third kappa shape index (κ3) is 11.6. The van der Waals surface area contributed by atoms with Gasteiger partial charge in [0.15, 0.2) is 12.6 Å². The Morgan fingerprint density at radius 1 is 1.00 bits per heavy atom. The maximum absolute atomic E-state index is 14.9. The lowest BCUT2D eigenvalue weighted by Crippen LogP contribution is -2.60. The van der Waals surface area contributed by atoms with Gasteiger partial charge in [-0.1, -0.05) is 62.7 Å². The normalized spacial score (nSPS) is 37.5. The van der Waals surface area contributed by atoms with Gasteiger partial charge in [-0.2, -0.15) is 0 Å². The number of nitrogens with zero attached hydrogens (tertiary/aromatic N) is 2. The van der Waals surface area contributed by atoms with Crippen LogP contribution in [0.4, 0.5) is 10.5 Å². The zero-order chi connectivity index (χ0) is 46.0. The van der Waals surface area contributed by atoms with Gasteiger partial charge < -0.3 is 64.4 Å². The van der Waals surface area contributed by atoms with Crippen molar-refractivity contribution in [3.8, 4) is 0 Å². The van der Waals surface area contributed by atoms with Crippen molar-refractivity contribution in [1.82, 2.24) is 20.1 Å². The maximum atomic E-state index is 14.9. The van der Waals surface area contributed by atoms with Crippen molar-refractivity contribution in [3.63, 3.8) is 0 Å². The molecule has 3 aliphatic rings.